The van der Waals surface area contributed by atoms with Gasteiger partial charge in [0.05, 0.1) is 11.2 Å². The van der Waals surface area contributed by atoms with Gasteiger partial charge in [0.25, 0.3) is 0 Å². The number of ether oxygens (including phenoxy) is 1. The molecule has 0 N–H and O–H groups in total. The molecule has 0 aliphatic carbocycles. The van der Waals surface area contributed by atoms with Crippen LogP contribution in [0.2, 0.25) is 0 Å². The van der Waals surface area contributed by atoms with Crippen molar-refractivity contribution in [1.82, 2.24) is 0 Å². The lowest BCUT2D eigenvalue weighted by Gasteiger charge is -2.32. The van der Waals surface area contributed by atoms with Crippen LogP contribution in [0.5, 0.6) is 5.75 Å². The summed E-state index contributed by atoms with van der Waals surface area (Å²) in [5, 5.41) is 0. The lowest BCUT2D eigenvalue weighted by Crippen LogP contribution is -2.18. The SMILES string of the molecule is COc1ccc(C2(C)SCCCS2)cc1. The molecule has 1 aromatic carbocycles. The lowest BCUT2D eigenvalue weighted by atomic mass is 10.1. The van der Waals surface area contributed by atoms with Gasteiger partial charge in [0.15, 0.2) is 0 Å². The van der Waals surface area contributed by atoms with Crippen molar-refractivity contribution < 1.29 is 4.74 Å². The molecule has 1 saturated heterocycles. The predicted octanol–water partition coefficient (Wildman–Crippen LogP) is 3.74. The maximum absolute atomic E-state index is 5.18. The molecule has 0 saturated carbocycles. The molecule has 0 amide bonds. The van der Waals surface area contributed by atoms with E-state index in [4.69, 9.17) is 4.74 Å². The van der Waals surface area contributed by atoms with Crippen LogP contribution in [0, 0.1) is 0 Å². The van der Waals surface area contributed by atoms with Gasteiger partial charge in [-0.05, 0) is 42.5 Å². The van der Waals surface area contributed by atoms with Crippen molar-refractivity contribution in [3.8, 4) is 5.75 Å². The van der Waals surface area contributed by atoms with Crippen molar-refractivity contribution in [2.45, 2.75) is 17.4 Å². The summed E-state index contributed by atoms with van der Waals surface area (Å²) in [5.41, 5.74) is 1.40. The van der Waals surface area contributed by atoms with Crippen molar-refractivity contribution in [3.63, 3.8) is 0 Å². The molecule has 1 heterocycles. The molecule has 82 valence electrons. The summed E-state index contributed by atoms with van der Waals surface area (Å²) in [5.74, 6) is 3.48. The summed E-state index contributed by atoms with van der Waals surface area (Å²) in [6.45, 7) is 2.32. The summed E-state index contributed by atoms with van der Waals surface area (Å²) >= 11 is 4.11. The summed E-state index contributed by atoms with van der Waals surface area (Å²) in [6, 6.07) is 8.47. The fourth-order valence-electron chi connectivity index (χ4n) is 1.69. The fourth-order valence-corrected chi connectivity index (χ4v) is 4.67. The quantitative estimate of drug-likeness (QED) is 0.779. The van der Waals surface area contributed by atoms with E-state index in [1.54, 1.807) is 7.11 Å². The Bertz CT molecular complexity index is 315. The molecule has 1 fully saturated rings. The van der Waals surface area contributed by atoms with Gasteiger partial charge in [-0.25, -0.2) is 0 Å². The van der Waals surface area contributed by atoms with E-state index in [2.05, 4.69) is 54.7 Å². The van der Waals surface area contributed by atoms with Gasteiger partial charge in [0.2, 0.25) is 0 Å². The topological polar surface area (TPSA) is 9.23 Å². The number of thioether (sulfide) groups is 2. The normalized spacial score (nSPS) is 19.9. The van der Waals surface area contributed by atoms with Crippen molar-refractivity contribution in [2.24, 2.45) is 0 Å². The zero-order valence-corrected chi connectivity index (χ0v) is 10.8. The first-order valence-corrected chi connectivity index (χ1v) is 7.14. The average Bonchev–Trinajstić information content (AvgIpc) is 2.30. The molecule has 0 unspecified atom stereocenters. The first-order chi connectivity index (χ1) is 7.24. The molecule has 1 aliphatic heterocycles. The van der Waals surface area contributed by atoms with E-state index in [0.717, 1.165) is 5.75 Å². The smallest absolute Gasteiger partial charge is 0.118 e. The molecule has 0 bridgehead atoms. The monoisotopic (exact) mass is 240 g/mol. The first kappa shape index (κ1) is 11.2. The number of hydrogen-bond acceptors (Lipinski definition) is 3. The number of methoxy groups -OCH3 is 1. The van der Waals surface area contributed by atoms with E-state index >= 15 is 0 Å². The Kier molecular flexibility index (Phi) is 3.52. The molecule has 1 aliphatic rings. The molecular weight excluding hydrogens is 224 g/mol. The second kappa shape index (κ2) is 4.71. The molecule has 0 radical (unpaired) electrons. The van der Waals surface area contributed by atoms with Crippen LogP contribution in [0.25, 0.3) is 0 Å². The summed E-state index contributed by atoms with van der Waals surface area (Å²) < 4.78 is 5.42. The zero-order valence-electron chi connectivity index (χ0n) is 9.16. The van der Waals surface area contributed by atoms with Crippen LogP contribution in [0.15, 0.2) is 24.3 Å². The van der Waals surface area contributed by atoms with Gasteiger partial charge in [-0.15, -0.1) is 23.5 Å². The van der Waals surface area contributed by atoms with Crippen LogP contribution in [0.3, 0.4) is 0 Å². The Morgan fingerprint density at radius 2 is 1.73 bits per heavy atom. The summed E-state index contributed by atoms with van der Waals surface area (Å²) in [4.78, 5) is 0. The van der Waals surface area contributed by atoms with Crippen LogP contribution in [-0.4, -0.2) is 18.6 Å². The largest absolute Gasteiger partial charge is 0.497 e. The minimum Gasteiger partial charge on any atom is -0.497 e. The van der Waals surface area contributed by atoms with E-state index in [1.165, 1.54) is 23.5 Å². The van der Waals surface area contributed by atoms with Gasteiger partial charge in [0, 0.05) is 0 Å². The molecule has 0 atom stereocenters. The number of hydrogen-bond donors (Lipinski definition) is 0. The second-order valence-corrected chi connectivity index (χ2v) is 7.01. The van der Waals surface area contributed by atoms with E-state index < -0.39 is 0 Å². The van der Waals surface area contributed by atoms with Gasteiger partial charge < -0.3 is 4.74 Å². The van der Waals surface area contributed by atoms with E-state index in [9.17, 15) is 0 Å². The number of rotatable bonds is 2. The Hall–Kier alpha value is -0.280. The van der Waals surface area contributed by atoms with Crippen LogP contribution in [0.4, 0.5) is 0 Å². The Balaban J connectivity index is 2.20. The molecule has 3 heteroatoms. The minimum absolute atomic E-state index is 0.241. The average molecular weight is 240 g/mol. The highest BCUT2D eigenvalue weighted by Crippen LogP contribution is 2.49. The lowest BCUT2D eigenvalue weighted by molar-refractivity contribution is 0.414. The first-order valence-electron chi connectivity index (χ1n) is 5.17. The van der Waals surface area contributed by atoms with Crippen LogP contribution >= 0.6 is 23.5 Å². The Labute approximate surface area is 100.0 Å². The highest BCUT2D eigenvalue weighted by molar-refractivity contribution is 8.18. The summed E-state index contributed by atoms with van der Waals surface area (Å²) in [6.07, 6.45) is 1.33. The molecular formula is C12H16OS2. The Morgan fingerprint density at radius 3 is 2.27 bits per heavy atom. The van der Waals surface area contributed by atoms with Crippen LogP contribution in [-0.2, 0) is 4.08 Å². The van der Waals surface area contributed by atoms with Crippen molar-refractivity contribution in [3.05, 3.63) is 29.8 Å². The van der Waals surface area contributed by atoms with E-state index in [-0.39, 0.29) is 4.08 Å². The maximum atomic E-state index is 5.18. The maximum Gasteiger partial charge on any atom is 0.118 e. The highest BCUT2D eigenvalue weighted by Gasteiger charge is 2.30. The second-order valence-electron chi connectivity index (χ2n) is 3.72. The Morgan fingerprint density at radius 1 is 1.13 bits per heavy atom. The highest BCUT2D eigenvalue weighted by atomic mass is 32.2. The third-order valence-electron chi connectivity index (χ3n) is 2.66. The predicted molar refractivity (Wildman–Crippen MR) is 69.9 cm³/mol. The zero-order chi connectivity index (χ0) is 10.7. The molecule has 2 rings (SSSR count). The number of benzene rings is 1. The van der Waals surface area contributed by atoms with Crippen molar-refractivity contribution >= 4 is 23.5 Å². The third-order valence-corrected chi connectivity index (χ3v) is 5.92. The fraction of sp³-hybridized carbons (Fsp3) is 0.500. The van der Waals surface area contributed by atoms with Gasteiger partial charge in [0.1, 0.15) is 5.75 Å². The standard InChI is InChI=1S/C12H16OS2/c1-12(14-8-3-9-15-12)10-4-6-11(13-2)7-5-10/h4-7H,3,8-9H2,1-2H3. The van der Waals surface area contributed by atoms with Gasteiger partial charge in [-0.2, -0.15) is 0 Å². The molecule has 1 aromatic rings. The molecule has 1 nitrogen and oxygen atoms in total. The van der Waals surface area contributed by atoms with Gasteiger partial charge in [-0.3, -0.25) is 0 Å². The van der Waals surface area contributed by atoms with E-state index in [0.29, 0.717) is 0 Å². The van der Waals surface area contributed by atoms with E-state index in [1.807, 2.05) is 0 Å². The van der Waals surface area contributed by atoms with Crippen LogP contribution in [0.1, 0.15) is 18.9 Å². The van der Waals surface area contributed by atoms with Crippen molar-refractivity contribution in [2.75, 3.05) is 18.6 Å². The van der Waals surface area contributed by atoms with Crippen LogP contribution < -0.4 is 4.74 Å². The molecule has 0 spiro atoms. The minimum atomic E-state index is 0.241. The molecule has 0 aromatic heterocycles. The van der Waals surface area contributed by atoms with Gasteiger partial charge >= 0.3 is 0 Å². The molecule has 15 heavy (non-hydrogen) atoms. The summed E-state index contributed by atoms with van der Waals surface area (Å²) in [7, 11) is 1.71. The third kappa shape index (κ3) is 2.45. The van der Waals surface area contributed by atoms with Gasteiger partial charge in [-0.1, -0.05) is 12.1 Å². The van der Waals surface area contributed by atoms with Crippen molar-refractivity contribution in [1.29, 1.82) is 0 Å².